The van der Waals surface area contributed by atoms with E-state index in [9.17, 15) is 13.2 Å². The van der Waals surface area contributed by atoms with E-state index < -0.39 is 12.8 Å². The Kier molecular flexibility index (Phi) is 4.19. The summed E-state index contributed by atoms with van der Waals surface area (Å²) in [5, 5.41) is 3.24. The molecule has 1 unspecified atom stereocenters. The van der Waals surface area contributed by atoms with Gasteiger partial charge in [-0.15, -0.1) is 0 Å². The highest BCUT2D eigenvalue weighted by Gasteiger charge is 2.29. The lowest BCUT2D eigenvalue weighted by Gasteiger charge is -2.18. The Morgan fingerprint density at radius 3 is 2.74 bits per heavy atom. The first-order valence-electron chi connectivity index (χ1n) is 6.18. The molecule has 1 aliphatic heterocycles. The number of rotatable bonds is 4. The van der Waals surface area contributed by atoms with Crippen molar-refractivity contribution in [1.82, 2.24) is 4.90 Å². The van der Waals surface area contributed by atoms with E-state index in [4.69, 9.17) is 4.74 Å². The predicted octanol–water partition coefficient (Wildman–Crippen LogP) is 2.74. The van der Waals surface area contributed by atoms with Crippen molar-refractivity contribution >= 4 is 5.69 Å². The first kappa shape index (κ1) is 14.0. The third kappa shape index (κ3) is 4.31. The Labute approximate surface area is 110 Å². The molecule has 1 saturated heterocycles. The van der Waals surface area contributed by atoms with E-state index in [1.165, 1.54) is 0 Å². The summed E-state index contributed by atoms with van der Waals surface area (Å²) in [6, 6.07) is 6.98. The van der Waals surface area contributed by atoms with Gasteiger partial charge in [0.1, 0.15) is 5.75 Å². The number of likely N-dealkylation sites (N-methyl/N-ethyl adjacent to an activating group) is 1. The van der Waals surface area contributed by atoms with Crippen LogP contribution in [0.5, 0.6) is 5.75 Å². The lowest BCUT2D eigenvalue weighted by atomic mass is 10.2. The summed E-state index contributed by atoms with van der Waals surface area (Å²) in [4.78, 5) is 2.18. The second-order valence-corrected chi connectivity index (χ2v) is 4.79. The number of hydrogen-bond donors (Lipinski definition) is 1. The van der Waals surface area contributed by atoms with Crippen molar-refractivity contribution in [3.8, 4) is 5.75 Å². The van der Waals surface area contributed by atoms with E-state index in [0.717, 1.165) is 19.5 Å². The SMILES string of the molecule is CN1CCC(Nc2ccccc2OCC(F)(F)F)C1. The van der Waals surface area contributed by atoms with Gasteiger partial charge in [-0.1, -0.05) is 12.1 Å². The number of benzene rings is 1. The number of likely N-dealkylation sites (tertiary alicyclic amines) is 1. The summed E-state index contributed by atoms with van der Waals surface area (Å²) in [5.74, 6) is 0.245. The number of nitrogens with one attached hydrogen (secondary N) is 1. The Morgan fingerprint density at radius 2 is 2.11 bits per heavy atom. The number of anilines is 1. The summed E-state index contributed by atoms with van der Waals surface area (Å²) < 4.78 is 41.4. The maximum absolute atomic E-state index is 12.2. The zero-order valence-electron chi connectivity index (χ0n) is 10.7. The van der Waals surface area contributed by atoms with E-state index >= 15 is 0 Å². The summed E-state index contributed by atoms with van der Waals surface area (Å²) >= 11 is 0. The van der Waals surface area contributed by atoms with Crippen LogP contribution in [0.15, 0.2) is 24.3 Å². The van der Waals surface area contributed by atoms with E-state index in [1.54, 1.807) is 24.3 Å². The third-order valence-electron chi connectivity index (χ3n) is 3.03. The fraction of sp³-hybridized carbons (Fsp3) is 0.538. The molecule has 1 heterocycles. The number of hydrogen-bond acceptors (Lipinski definition) is 3. The lowest BCUT2D eigenvalue weighted by Crippen LogP contribution is -2.24. The normalized spacial score (nSPS) is 20.5. The Hall–Kier alpha value is -1.43. The molecule has 106 valence electrons. The summed E-state index contributed by atoms with van der Waals surface area (Å²) in [5.41, 5.74) is 0.618. The molecule has 0 radical (unpaired) electrons. The number of para-hydroxylation sites is 2. The highest BCUT2D eigenvalue weighted by atomic mass is 19.4. The van der Waals surface area contributed by atoms with Gasteiger partial charge in [-0.3, -0.25) is 0 Å². The van der Waals surface area contributed by atoms with Crippen LogP contribution in [-0.2, 0) is 0 Å². The highest BCUT2D eigenvalue weighted by Crippen LogP contribution is 2.28. The maximum Gasteiger partial charge on any atom is 0.422 e. The molecule has 1 N–H and O–H groups in total. The molecule has 3 nitrogen and oxygen atoms in total. The van der Waals surface area contributed by atoms with Gasteiger partial charge in [0.25, 0.3) is 0 Å². The minimum absolute atomic E-state index is 0.245. The van der Waals surface area contributed by atoms with Gasteiger partial charge in [0, 0.05) is 12.6 Å². The monoisotopic (exact) mass is 274 g/mol. The molecular formula is C13H17F3N2O. The molecule has 0 aliphatic carbocycles. The summed E-state index contributed by atoms with van der Waals surface area (Å²) in [6.07, 6.45) is -3.34. The Morgan fingerprint density at radius 1 is 1.37 bits per heavy atom. The van der Waals surface area contributed by atoms with Gasteiger partial charge < -0.3 is 15.0 Å². The van der Waals surface area contributed by atoms with Crippen LogP contribution in [0.1, 0.15) is 6.42 Å². The third-order valence-corrected chi connectivity index (χ3v) is 3.03. The highest BCUT2D eigenvalue weighted by molar-refractivity contribution is 5.56. The van der Waals surface area contributed by atoms with Crippen molar-refractivity contribution in [2.24, 2.45) is 0 Å². The molecule has 0 saturated carbocycles. The molecule has 1 aliphatic rings. The van der Waals surface area contributed by atoms with Crippen LogP contribution in [0.2, 0.25) is 0 Å². The van der Waals surface area contributed by atoms with Crippen molar-refractivity contribution in [1.29, 1.82) is 0 Å². The van der Waals surface area contributed by atoms with Crippen molar-refractivity contribution < 1.29 is 17.9 Å². The van der Waals surface area contributed by atoms with Crippen LogP contribution in [0.4, 0.5) is 18.9 Å². The minimum atomic E-state index is -4.32. The van der Waals surface area contributed by atoms with Crippen LogP contribution < -0.4 is 10.1 Å². The molecule has 0 spiro atoms. The maximum atomic E-state index is 12.2. The van der Waals surface area contributed by atoms with Crippen LogP contribution in [0.25, 0.3) is 0 Å². The molecule has 0 aromatic heterocycles. The molecule has 2 rings (SSSR count). The number of ether oxygens (including phenoxy) is 1. The van der Waals surface area contributed by atoms with Crippen molar-refractivity contribution in [3.05, 3.63) is 24.3 Å². The molecule has 19 heavy (non-hydrogen) atoms. The van der Waals surface area contributed by atoms with Crippen molar-refractivity contribution in [3.63, 3.8) is 0 Å². The standard InChI is InChI=1S/C13H17F3N2O/c1-18-7-6-10(8-18)17-11-4-2-3-5-12(11)19-9-13(14,15)16/h2-5,10,17H,6-9H2,1H3. The van der Waals surface area contributed by atoms with Gasteiger partial charge in [-0.2, -0.15) is 13.2 Å². The molecule has 1 atom stereocenters. The van der Waals surface area contributed by atoms with E-state index in [0.29, 0.717) is 5.69 Å². The quantitative estimate of drug-likeness (QED) is 0.913. The first-order chi connectivity index (χ1) is 8.94. The van der Waals surface area contributed by atoms with Gasteiger partial charge >= 0.3 is 6.18 Å². The van der Waals surface area contributed by atoms with Crippen LogP contribution in [0, 0.1) is 0 Å². The number of nitrogens with zero attached hydrogens (tertiary/aromatic N) is 1. The van der Waals surface area contributed by atoms with Gasteiger partial charge in [0.2, 0.25) is 0 Å². The van der Waals surface area contributed by atoms with Crippen molar-refractivity contribution in [2.75, 3.05) is 32.1 Å². The van der Waals surface area contributed by atoms with E-state index in [1.807, 2.05) is 7.05 Å². The predicted molar refractivity (Wildman–Crippen MR) is 67.5 cm³/mol. The fourth-order valence-electron chi connectivity index (χ4n) is 2.14. The summed E-state index contributed by atoms with van der Waals surface area (Å²) in [6.45, 7) is 0.604. The molecule has 0 amide bonds. The smallest absolute Gasteiger partial charge is 0.422 e. The van der Waals surface area contributed by atoms with Gasteiger partial charge in [-0.25, -0.2) is 0 Å². The second kappa shape index (κ2) is 5.69. The van der Waals surface area contributed by atoms with Gasteiger partial charge in [0.05, 0.1) is 5.69 Å². The summed E-state index contributed by atoms with van der Waals surface area (Å²) in [7, 11) is 2.02. The Bertz CT molecular complexity index is 423. The largest absolute Gasteiger partial charge is 0.482 e. The molecule has 6 heteroatoms. The van der Waals surface area contributed by atoms with Crippen molar-refractivity contribution in [2.45, 2.75) is 18.6 Å². The van der Waals surface area contributed by atoms with Gasteiger partial charge in [-0.05, 0) is 32.1 Å². The van der Waals surface area contributed by atoms with Crippen LogP contribution in [0.3, 0.4) is 0 Å². The first-order valence-corrected chi connectivity index (χ1v) is 6.18. The van der Waals surface area contributed by atoms with Gasteiger partial charge in [0.15, 0.2) is 6.61 Å². The molecule has 1 aromatic rings. The average Bonchev–Trinajstić information content (AvgIpc) is 2.73. The zero-order chi connectivity index (χ0) is 13.9. The second-order valence-electron chi connectivity index (χ2n) is 4.79. The molecule has 1 aromatic carbocycles. The molecule has 1 fully saturated rings. The number of alkyl halides is 3. The number of halogens is 3. The lowest BCUT2D eigenvalue weighted by molar-refractivity contribution is -0.153. The molecule has 0 bridgehead atoms. The molecular weight excluding hydrogens is 257 g/mol. The van der Waals surface area contributed by atoms with Crippen LogP contribution >= 0.6 is 0 Å². The van der Waals surface area contributed by atoms with E-state index in [-0.39, 0.29) is 11.8 Å². The van der Waals surface area contributed by atoms with E-state index in [2.05, 4.69) is 10.2 Å². The topological polar surface area (TPSA) is 24.5 Å². The Balaban J connectivity index is 1.99. The minimum Gasteiger partial charge on any atom is -0.482 e. The van der Waals surface area contributed by atoms with Crippen LogP contribution in [-0.4, -0.2) is 43.9 Å². The zero-order valence-corrected chi connectivity index (χ0v) is 10.7. The average molecular weight is 274 g/mol. The fourth-order valence-corrected chi connectivity index (χ4v) is 2.14.